The average Bonchev–Trinajstić information content (AvgIpc) is 2.28. The fourth-order valence-electron chi connectivity index (χ4n) is 2.57. The molecule has 102 valence electrons. The number of benzene rings is 1. The predicted molar refractivity (Wildman–Crippen MR) is 76.9 cm³/mol. The lowest BCUT2D eigenvalue weighted by molar-refractivity contribution is -0.0705. The molecule has 2 rings (SSSR count). The van der Waals surface area contributed by atoms with Crippen LogP contribution in [0.25, 0.3) is 0 Å². The summed E-state index contributed by atoms with van der Waals surface area (Å²) in [7, 11) is 0. The van der Waals surface area contributed by atoms with Crippen LogP contribution >= 0.6 is 12.4 Å². The van der Waals surface area contributed by atoms with Gasteiger partial charge in [0.25, 0.3) is 0 Å². The van der Waals surface area contributed by atoms with E-state index < -0.39 is 0 Å². The molecular weight excluding hydrogens is 248 g/mol. The van der Waals surface area contributed by atoms with Gasteiger partial charge in [-0.15, -0.1) is 12.4 Å². The number of ether oxygens (including phenoxy) is 1. The summed E-state index contributed by atoms with van der Waals surface area (Å²) in [5.41, 5.74) is 8.36. The third-order valence-corrected chi connectivity index (χ3v) is 3.23. The first-order chi connectivity index (χ1) is 8.19. The molecule has 4 heteroatoms. The van der Waals surface area contributed by atoms with Crippen LogP contribution in [0.1, 0.15) is 25.0 Å². The SMILES string of the molecule is C[C@@H]1CN(Cc2ccccc2CN)C[C@H](C)O1.Cl. The Bertz CT molecular complexity index is 363. The van der Waals surface area contributed by atoms with E-state index in [0.29, 0.717) is 18.8 Å². The van der Waals surface area contributed by atoms with Crippen LogP contribution in [0.5, 0.6) is 0 Å². The molecule has 2 N–H and O–H groups in total. The maximum atomic E-state index is 5.77. The van der Waals surface area contributed by atoms with Crippen LogP contribution in [0.15, 0.2) is 24.3 Å². The summed E-state index contributed by atoms with van der Waals surface area (Å²) in [5, 5.41) is 0. The van der Waals surface area contributed by atoms with E-state index in [9.17, 15) is 0 Å². The summed E-state index contributed by atoms with van der Waals surface area (Å²) >= 11 is 0. The van der Waals surface area contributed by atoms with Crippen LogP contribution in [-0.4, -0.2) is 30.2 Å². The van der Waals surface area contributed by atoms with Crippen LogP contribution in [-0.2, 0) is 17.8 Å². The molecule has 1 fully saturated rings. The van der Waals surface area contributed by atoms with E-state index in [0.717, 1.165) is 19.6 Å². The molecule has 0 bridgehead atoms. The summed E-state index contributed by atoms with van der Waals surface area (Å²) in [4.78, 5) is 2.45. The highest BCUT2D eigenvalue weighted by atomic mass is 35.5. The van der Waals surface area contributed by atoms with Crippen molar-refractivity contribution in [2.75, 3.05) is 13.1 Å². The lowest BCUT2D eigenvalue weighted by Crippen LogP contribution is -2.44. The Morgan fingerprint density at radius 1 is 1.17 bits per heavy atom. The first-order valence-corrected chi connectivity index (χ1v) is 6.33. The summed E-state index contributed by atoms with van der Waals surface area (Å²) in [5.74, 6) is 0. The van der Waals surface area contributed by atoms with E-state index in [1.165, 1.54) is 11.1 Å². The van der Waals surface area contributed by atoms with Gasteiger partial charge in [-0.05, 0) is 25.0 Å². The quantitative estimate of drug-likeness (QED) is 0.915. The van der Waals surface area contributed by atoms with Gasteiger partial charge in [0.2, 0.25) is 0 Å². The van der Waals surface area contributed by atoms with Gasteiger partial charge >= 0.3 is 0 Å². The monoisotopic (exact) mass is 270 g/mol. The molecule has 0 saturated carbocycles. The van der Waals surface area contributed by atoms with Crippen LogP contribution < -0.4 is 5.73 Å². The molecule has 1 heterocycles. The normalized spacial score (nSPS) is 24.6. The fraction of sp³-hybridized carbons (Fsp3) is 0.571. The average molecular weight is 271 g/mol. The van der Waals surface area contributed by atoms with Crippen molar-refractivity contribution in [3.63, 3.8) is 0 Å². The van der Waals surface area contributed by atoms with Gasteiger partial charge in [-0.25, -0.2) is 0 Å². The van der Waals surface area contributed by atoms with E-state index in [-0.39, 0.29) is 12.4 Å². The molecule has 0 radical (unpaired) electrons. The summed E-state index contributed by atoms with van der Waals surface area (Å²) < 4.78 is 5.74. The second kappa shape index (κ2) is 7.10. The smallest absolute Gasteiger partial charge is 0.0678 e. The molecule has 1 aliphatic heterocycles. The first-order valence-electron chi connectivity index (χ1n) is 6.33. The topological polar surface area (TPSA) is 38.5 Å². The third kappa shape index (κ3) is 3.95. The van der Waals surface area contributed by atoms with Crippen molar-refractivity contribution in [3.8, 4) is 0 Å². The highest BCUT2D eigenvalue weighted by Gasteiger charge is 2.22. The summed E-state index contributed by atoms with van der Waals surface area (Å²) in [6.07, 6.45) is 0.646. The Morgan fingerprint density at radius 3 is 2.28 bits per heavy atom. The number of halogens is 1. The van der Waals surface area contributed by atoms with Crippen molar-refractivity contribution in [2.24, 2.45) is 5.73 Å². The van der Waals surface area contributed by atoms with Crippen LogP contribution in [0, 0.1) is 0 Å². The Kier molecular flexibility index (Phi) is 6.09. The van der Waals surface area contributed by atoms with Crippen LogP contribution in [0.4, 0.5) is 0 Å². The van der Waals surface area contributed by atoms with E-state index >= 15 is 0 Å². The molecule has 18 heavy (non-hydrogen) atoms. The number of hydrogen-bond donors (Lipinski definition) is 1. The Balaban J connectivity index is 0.00000162. The predicted octanol–water partition coefficient (Wildman–Crippen LogP) is 2.18. The Morgan fingerprint density at radius 2 is 1.72 bits per heavy atom. The Labute approximate surface area is 116 Å². The molecule has 1 aromatic carbocycles. The van der Waals surface area contributed by atoms with Crippen molar-refractivity contribution in [1.82, 2.24) is 4.90 Å². The largest absolute Gasteiger partial charge is 0.373 e. The zero-order valence-corrected chi connectivity index (χ0v) is 12.0. The standard InChI is InChI=1S/C14H22N2O.ClH/c1-11-8-16(9-12(2)17-11)10-14-6-4-3-5-13(14)7-15;/h3-6,11-12H,7-10,15H2,1-2H3;1H/t11-,12+;. The number of nitrogens with two attached hydrogens (primary N) is 1. The molecule has 1 aromatic rings. The second-order valence-corrected chi connectivity index (χ2v) is 4.92. The van der Waals surface area contributed by atoms with E-state index in [4.69, 9.17) is 10.5 Å². The van der Waals surface area contributed by atoms with Gasteiger partial charge in [0.15, 0.2) is 0 Å². The number of rotatable bonds is 3. The summed E-state index contributed by atoms with van der Waals surface area (Å²) in [6.45, 7) is 7.87. The maximum absolute atomic E-state index is 5.77. The third-order valence-electron chi connectivity index (χ3n) is 3.23. The zero-order chi connectivity index (χ0) is 12.3. The van der Waals surface area contributed by atoms with Crippen molar-refractivity contribution in [2.45, 2.75) is 39.1 Å². The van der Waals surface area contributed by atoms with Gasteiger partial charge in [-0.1, -0.05) is 24.3 Å². The number of morpholine rings is 1. The van der Waals surface area contributed by atoms with Crippen molar-refractivity contribution in [3.05, 3.63) is 35.4 Å². The lowest BCUT2D eigenvalue weighted by Gasteiger charge is -2.35. The molecule has 1 saturated heterocycles. The Hall–Kier alpha value is -0.610. The molecular formula is C14H23ClN2O. The van der Waals surface area contributed by atoms with Crippen molar-refractivity contribution in [1.29, 1.82) is 0 Å². The highest BCUT2D eigenvalue weighted by Crippen LogP contribution is 2.16. The van der Waals surface area contributed by atoms with E-state index in [2.05, 4.69) is 43.0 Å². The highest BCUT2D eigenvalue weighted by molar-refractivity contribution is 5.85. The van der Waals surface area contributed by atoms with Crippen LogP contribution in [0.3, 0.4) is 0 Å². The lowest BCUT2D eigenvalue weighted by atomic mass is 10.1. The molecule has 2 atom stereocenters. The zero-order valence-electron chi connectivity index (χ0n) is 11.1. The molecule has 0 unspecified atom stereocenters. The van der Waals surface area contributed by atoms with Gasteiger partial charge in [0, 0.05) is 26.2 Å². The molecule has 0 aromatic heterocycles. The minimum atomic E-state index is 0. The molecule has 0 amide bonds. The number of hydrogen-bond acceptors (Lipinski definition) is 3. The minimum Gasteiger partial charge on any atom is -0.373 e. The van der Waals surface area contributed by atoms with Crippen molar-refractivity contribution >= 4 is 12.4 Å². The maximum Gasteiger partial charge on any atom is 0.0678 e. The summed E-state index contributed by atoms with van der Waals surface area (Å²) in [6, 6.07) is 8.42. The number of nitrogens with zero attached hydrogens (tertiary/aromatic N) is 1. The van der Waals surface area contributed by atoms with Gasteiger partial charge in [-0.2, -0.15) is 0 Å². The van der Waals surface area contributed by atoms with Crippen molar-refractivity contribution < 1.29 is 4.74 Å². The van der Waals surface area contributed by atoms with E-state index in [1.807, 2.05) is 0 Å². The van der Waals surface area contributed by atoms with Gasteiger partial charge < -0.3 is 10.5 Å². The first kappa shape index (κ1) is 15.4. The molecule has 0 aliphatic carbocycles. The van der Waals surface area contributed by atoms with E-state index in [1.54, 1.807) is 0 Å². The minimum absolute atomic E-state index is 0. The second-order valence-electron chi connectivity index (χ2n) is 4.92. The molecule has 3 nitrogen and oxygen atoms in total. The fourth-order valence-corrected chi connectivity index (χ4v) is 2.57. The van der Waals surface area contributed by atoms with Gasteiger partial charge in [0.05, 0.1) is 12.2 Å². The molecule has 1 aliphatic rings. The van der Waals surface area contributed by atoms with Crippen LogP contribution in [0.2, 0.25) is 0 Å². The van der Waals surface area contributed by atoms with Gasteiger partial charge in [0.1, 0.15) is 0 Å². The molecule has 0 spiro atoms. The van der Waals surface area contributed by atoms with Gasteiger partial charge in [-0.3, -0.25) is 4.90 Å².